The number of ether oxygens (including phenoxy) is 1. The van der Waals surface area contributed by atoms with Crippen LogP contribution in [-0.4, -0.2) is 36.8 Å². The van der Waals surface area contributed by atoms with Gasteiger partial charge >= 0.3 is 0 Å². The molecule has 2 heterocycles. The van der Waals surface area contributed by atoms with Crippen molar-refractivity contribution in [3.05, 3.63) is 22.8 Å². The van der Waals surface area contributed by atoms with Gasteiger partial charge in [-0.05, 0) is 31.5 Å². The number of fused-ring (bicyclic) bond motifs is 1. The van der Waals surface area contributed by atoms with Crippen LogP contribution in [0.25, 0.3) is 0 Å². The zero-order valence-electron chi connectivity index (χ0n) is 12.6. The standard InChI is InChI=1S/C16H24ClN3O/c1-2-18-11-13-12(17)7-8-16(19-13)20-9-10-21-15-6-4-3-5-14(15)20/h7-8,14-15,18H,2-6,9-11H2,1H3. The molecular weight excluding hydrogens is 286 g/mol. The summed E-state index contributed by atoms with van der Waals surface area (Å²) < 4.78 is 5.94. The molecule has 1 aromatic heterocycles. The minimum Gasteiger partial charge on any atom is -0.374 e. The number of hydrogen-bond donors (Lipinski definition) is 1. The summed E-state index contributed by atoms with van der Waals surface area (Å²) in [7, 11) is 0. The molecule has 21 heavy (non-hydrogen) atoms. The summed E-state index contributed by atoms with van der Waals surface area (Å²) in [5.74, 6) is 1.05. The number of hydrogen-bond acceptors (Lipinski definition) is 4. The predicted molar refractivity (Wildman–Crippen MR) is 86.0 cm³/mol. The molecule has 1 N–H and O–H groups in total. The molecule has 0 amide bonds. The second-order valence-electron chi connectivity index (χ2n) is 5.83. The Morgan fingerprint density at radius 2 is 2.24 bits per heavy atom. The van der Waals surface area contributed by atoms with Gasteiger partial charge in [0.2, 0.25) is 0 Å². The Kier molecular flexibility index (Phi) is 4.99. The molecule has 5 heteroatoms. The lowest BCUT2D eigenvalue weighted by atomic mass is 9.90. The van der Waals surface area contributed by atoms with Crippen LogP contribution in [0.5, 0.6) is 0 Å². The summed E-state index contributed by atoms with van der Waals surface area (Å²) in [5, 5.41) is 4.05. The van der Waals surface area contributed by atoms with Crippen molar-refractivity contribution in [3.8, 4) is 0 Å². The van der Waals surface area contributed by atoms with Crippen molar-refractivity contribution in [1.82, 2.24) is 10.3 Å². The van der Waals surface area contributed by atoms with E-state index in [9.17, 15) is 0 Å². The lowest BCUT2D eigenvalue weighted by Crippen LogP contribution is -2.53. The molecule has 3 rings (SSSR count). The lowest BCUT2D eigenvalue weighted by Gasteiger charge is -2.44. The van der Waals surface area contributed by atoms with Crippen LogP contribution in [0, 0.1) is 0 Å². The average Bonchev–Trinajstić information content (AvgIpc) is 2.54. The molecule has 0 spiro atoms. The molecule has 0 radical (unpaired) electrons. The highest BCUT2D eigenvalue weighted by molar-refractivity contribution is 6.31. The summed E-state index contributed by atoms with van der Waals surface area (Å²) >= 11 is 6.26. The second kappa shape index (κ2) is 6.95. The molecule has 0 bridgehead atoms. The summed E-state index contributed by atoms with van der Waals surface area (Å²) in [4.78, 5) is 7.23. The Morgan fingerprint density at radius 3 is 3.10 bits per heavy atom. The summed E-state index contributed by atoms with van der Waals surface area (Å²) in [6.07, 6.45) is 5.34. The summed E-state index contributed by atoms with van der Waals surface area (Å²) in [5.41, 5.74) is 0.940. The van der Waals surface area contributed by atoms with Crippen LogP contribution in [0.1, 0.15) is 38.3 Å². The van der Waals surface area contributed by atoms with Gasteiger partial charge in [0.25, 0.3) is 0 Å². The molecule has 0 aromatic carbocycles. The minimum absolute atomic E-state index is 0.377. The van der Waals surface area contributed by atoms with Crippen LogP contribution in [0.2, 0.25) is 5.02 Å². The largest absolute Gasteiger partial charge is 0.374 e. The predicted octanol–water partition coefficient (Wildman–Crippen LogP) is 2.99. The van der Waals surface area contributed by atoms with E-state index in [1.165, 1.54) is 25.7 Å². The zero-order chi connectivity index (χ0) is 14.7. The third-order valence-electron chi connectivity index (χ3n) is 4.47. The molecule has 2 aliphatic rings. The fraction of sp³-hybridized carbons (Fsp3) is 0.688. The quantitative estimate of drug-likeness (QED) is 0.928. The topological polar surface area (TPSA) is 37.4 Å². The van der Waals surface area contributed by atoms with E-state index in [2.05, 4.69) is 23.2 Å². The maximum atomic E-state index is 6.26. The maximum absolute atomic E-state index is 6.26. The number of pyridine rings is 1. The highest BCUT2D eigenvalue weighted by Gasteiger charge is 2.34. The molecule has 1 saturated carbocycles. The van der Waals surface area contributed by atoms with Crippen LogP contribution in [0.3, 0.4) is 0 Å². The van der Waals surface area contributed by atoms with Gasteiger partial charge in [-0.25, -0.2) is 4.98 Å². The van der Waals surface area contributed by atoms with Gasteiger partial charge < -0.3 is 15.0 Å². The van der Waals surface area contributed by atoms with Crippen LogP contribution >= 0.6 is 11.6 Å². The Bertz CT molecular complexity index is 481. The van der Waals surface area contributed by atoms with E-state index in [4.69, 9.17) is 21.3 Å². The van der Waals surface area contributed by atoms with Gasteiger partial charge in [0, 0.05) is 13.1 Å². The molecule has 116 valence electrons. The molecule has 2 atom stereocenters. The van der Waals surface area contributed by atoms with Gasteiger partial charge in [-0.3, -0.25) is 0 Å². The van der Waals surface area contributed by atoms with Gasteiger partial charge in [0.15, 0.2) is 0 Å². The number of halogens is 1. The first-order valence-corrected chi connectivity index (χ1v) is 8.41. The highest BCUT2D eigenvalue weighted by Crippen LogP contribution is 2.32. The molecule has 4 nitrogen and oxygen atoms in total. The van der Waals surface area contributed by atoms with Crippen LogP contribution in [0.4, 0.5) is 5.82 Å². The first-order valence-electron chi connectivity index (χ1n) is 8.04. The zero-order valence-corrected chi connectivity index (χ0v) is 13.4. The van der Waals surface area contributed by atoms with E-state index in [1.807, 2.05) is 6.07 Å². The molecule has 1 aromatic rings. The molecule has 1 aliphatic heterocycles. The number of morpholine rings is 1. The van der Waals surface area contributed by atoms with E-state index < -0.39 is 0 Å². The first-order chi connectivity index (χ1) is 10.3. The Hall–Kier alpha value is -0.840. The third kappa shape index (κ3) is 3.33. The van der Waals surface area contributed by atoms with Gasteiger partial charge in [0.1, 0.15) is 5.82 Å². The van der Waals surface area contributed by atoms with Crippen LogP contribution < -0.4 is 10.2 Å². The van der Waals surface area contributed by atoms with Gasteiger partial charge in [-0.1, -0.05) is 31.4 Å². The molecule has 2 unspecified atom stereocenters. The smallest absolute Gasteiger partial charge is 0.129 e. The number of nitrogens with zero attached hydrogens (tertiary/aromatic N) is 2. The van der Waals surface area contributed by atoms with Crippen molar-refractivity contribution in [2.75, 3.05) is 24.6 Å². The van der Waals surface area contributed by atoms with E-state index in [0.29, 0.717) is 12.1 Å². The van der Waals surface area contributed by atoms with Crippen molar-refractivity contribution in [2.24, 2.45) is 0 Å². The highest BCUT2D eigenvalue weighted by atomic mass is 35.5. The second-order valence-corrected chi connectivity index (χ2v) is 6.24. The van der Waals surface area contributed by atoms with E-state index in [1.54, 1.807) is 0 Å². The van der Waals surface area contributed by atoms with Crippen LogP contribution in [0.15, 0.2) is 12.1 Å². The minimum atomic E-state index is 0.377. The van der Waals surface area contributed by atoms with Crippen molar-refractivity contribution in [2.45, 2.75) is 51.3 Å². The van der Waals surface area contributed by atoms with Crippen LogP contribution in [-0.2, 0) is 11.3 Å². The number of anilines is 1. The summed E-state index contributed by atoms with van der Waals surface area (Å²) in [6.45, 7) is 5.46. The first kappa shape index (κ1) is 15.1. The molecule has 1 saturated heterocycles. The monoisotopic (exact) mass is 309 g/mol. The Labute approximate surface area is 131 Å². The van der Waals surface area contributed by atoms with Gasteiger partial charge in [-0.15, -0.1) is 0 Å². The van der Waals surface area contributed by atoms with Crippen molar-refractivity contribution >= 4 is 17.4 Å². The number of nitrogens with one attached hydrogen (secondary N) is 1. The molecule has 2 fully saturated rings. The number of rotatable bonds is 4. The molecule has 1 aliphatic carbocycles. The Morgan fingerprint density at radius 1 is 1.38 bits per heavy atom. The maximum Gasteiger partial charge on any atom is 0.129 e. The fourth-order valence-electron chi connectivity index (χ4n) is 3.38. The normalized spacial score (nSPS) is 25.7. The lowest BCUT2D eigenvalue weighted by molar-refractivity contribution is -0.00899. The Balaban J connectivity index is 1.81. The average molecular weight is 310 g/mol. The van der Waals surface area contributed by atoms with E-state index >= 15 is 0 Å². The van der Waals surface area contributed by atoms with Gasteiger partial charge in [0.05, 0.1) is 29.5 Å². The summed E-state index contributed by atoms with van der Waals surface area (Å²) in [6, 6.07) is 4.51. The molecular formula is C16H24ClN3O. The van der Waals surface area contributed by atoms with E-state index in [0.717, 1.165) is 42.8 Å². The van der Waals surface area contributed by atoms with Gasteiger partial charge in [-0.2, -0.15) is 0 Å². The van der Waals surface area contributed by atoms with Crippen molar-refractivity contribution in [1.29, 1.82) is 0 Å². The van der Waals surface area contributed by atoms with E-state index in [-0.39, 0.29) is 0 Å². The van der Waals surface area contributed by atoms with Crippen molar-refractivity contribution in [3.63, 3.8) is 0 Å². The third-order valence-corrected chi connectivity index (χ3v) is 4.82. The fourth-order valence-corrected chi connectivity index (χ4v) is 3.55. The van der Waals surface area contributed by atoms with Crippen molar-refractivity contribution < 1.29 is 4.74 Å². The SMILES string of the molecule is CCNCc1nc(N2CCOC3CCCCC32)ccc1Cl. The number of aromatic nitrogens is 1.